The summed E-state index contributed by atoms with van der Waals surface area (Å²) in [6, 6.07) is 1.46. The van der Waals surface area contributed by atoms with Gasteiger partial charge in [-0.15, -0.1) is 0 Å². The summed E-state index contributed by atoms with van der Waals surface area (Å²) >= 11 is 0. The lowest BCUT2D eigenvalue weighted by molar-refractivity contribution is 0.624. The third-order valence-corrected chi connectivity index (χ3v) is 3.05. The largest absolute Gasteiger partial charge is 0.346 e. The third kappa shape index (κ3) is 1.50. The highest BCUT2D eigenvalue weighted by Crippen LogP contribution is 2.27. The summed E-state index contributed by atoms with van der Waals surface area (Å²) in [4.78, 5) is 15.4. The molecule has 0 fully saturated rings. The Bertz CT molecular complexity index is 892. The summed E-state index contributed by atoms with van der Waals surface area (Å²) in [6.45, 7) is 0. The van der Waals surface area contributed by atoms with Crippen molar-refractivity contribution in [1.82, 2.24) is 24.3 Å². The first-order valence-corrected chi connectivity index (χ1v) is 5.73. The number of nitrogens with one attached hydrogen (secondary N) is 1. The van der Waals surface area contributed by atoms with E-state index in [1.165, 1.54) is 12.3 Å². The third-order valence-electron chi connectivity index (χ3n) is 3.05. The number of halogens is 1. The summed E-state index contributed by atoms with van der Waals surface area (Å²) < 4.78 is 15.1. The van der Waals surface area contributed by atoms with Crippen LogP contribution in [0.3, 0.4) is 0 Å². The molecule has 0 bridgehead atoms. The predicted octanol–water partition coefficient (Wildman–Crippen LogP) is 2.41. The molecule has 0 unspecified atom stereocenters. The van der Waals surface area contributed by atoms with Gasteiger partial charge in [0.25, 0.3) is 0 Å². The van der Waals surface area contributed by atoms with Crippen LogP contribution in [0.4, 0.5) is 4.39 Å². The second-order valence-corrected chi connectivity index (χ2v) is 4.23. The molecule has 0 aliphatic heterocycles. The number of fused-ring (bicyclic) bond motifs is 2. The van der Waals surface area contributed by atoms with Gasteiger partial charge in [-0.2, -0.15) is 0 Å². The number of hydrogen-bond donors (Lipinski definition) is 1. The van der Waals surface area contributed by atoms with E-state index in [9.17, 15) is 4.39 Å². The lowest BCUT2D eigenvalue weighted by atomic mass is 10.1. The van der Waals surface area contributed by atoms with Gasteiger partial charge in [0, 0.05) is 47.5 Å². The first-order chi connectivity index (χ1) is 9.31. The van der Waals surface area contributed by atoms with Crippen LogP contribution in [0.2, 0.25) is 0 Å². The first-order valence-electron chi connectivity index (χ1n) is 5.73. The van der Waals surface area contributed by atoms with Gasteiger partial charge >= 0.3 is 0 Å². The van der Waals surface area contributed by atoms with Crippen molar-refractivity contribution in [2.24, 2.45) is 0 Å². The second-order valence-electron chi connectivity index (χ2n) is 4.23. The van der Waals surface area contributed by atoms with E-state index in [0.717, 1.165) is 16.5 Å². The number of rotatable bonds is 1. The zero-order chi connectivity index (χ0) is 12.8. The number of pyridine rings is 1. The fourth-order valence-electron chi connectivity index (χ4n) is 2.17. The van der Waals surface area contributed by atoms with Crippen LogP contribution in [-0.2, 0) is 0 Å². The minimum Gasteiger partial charge on any atom is -0.346 e. The Morgan fingerprint density at radius 3 is 3.05 bits per heavy atom. The van der Waals surface area contributed by atoms with Crippen molar-refractivity contribution in [3.8, 4) is 11.1 Å². The second kappa shape index (κ2) is 3.61. The number of aromatic amines is 1. The molecule has 4 rings (SSSR count). The Balaban J connectivity index is 2.00. The van der Waals surface area contributed by atoms with Crippen molar-refractivity contribution >= 4 is 16.8 Å². The Hall–Kier alpha value is -2.76. The maximum atomic E-state index is 13.3. The van der Waals surface area contributed by atoms with E-state index >= 15 is 0 Å². The maximum Gasteiger partial charge on any atom is 0.233 e. The number of hydrogen-bond acceptors (Lipinski definition) is 3. The van der Waals surface area contributed by atoms with Gasteiger partial charge in [-0.1, -0.05) is 0 Å². The van der Waals surface area contributed by atoms with E-state index < -0.39 is 0 Å². The van der Waals surface area contributed by atoms with E-state index in [1.807, 2.05) is 16.8 Å². The molecule has 0 atom stereocenters. The average Bonchev–Trinajstić information content (AvgIpc) is 3.03. The van der Waals surface area contributed by atoms with Crippen LogP contribution in [0.5, 0.6) is 0 Å². The summed E-state index contributed by atoms with van der Waals surface area (Å²) in [5.41, 5.74) is 2.40. The van der Waals surface area contributed by atoms with E-state index in [2.05, 4.69) is 19.9 Å². The monoisotopic (exact) mass is 253 g/mol. The molecule has 0 saturated carbocycles. The Kier molecular flexibility index (Phi) is 1.94. The van der Waals surface area contributed by atoms with E-state index in [1.54, 1.807) is 18.6 Å². The van der Waals surface area contributed by atoms with Crippen molar-refractivity contribution < 1.29 is 4.39 Å². The smallest absolute Gasteiger partial charge is 0.233 e. The van der Waals surface area contributed by atoms with Gasteiger partial charge in [-0.3, -0.25) is 4.40 Å². The van der Waals surface area contributed by atoms with Crippen LogP contribution in [0.1, 0.15) is 0 Å². The highest BCUT2D eigenvalue weighted by atomic mass is 19.1. The zero-order valence-corrected chi connectivity index (χ0v) is 9.71. The maximum absolute atomic E-state index is 13.3. The van der Waals surface area contributed by atoms with Gasteiger partial charge in [-0.25, -0.2) is 19.3 Å². The lowest BCUT2D eigenvalue weighted by Gasteiger charge is -2.00. The molecule has 19 heavy (non-hydrogen) atoms. The normalized spacial score (nSPS) is 11.4. The fourth-order valence-corrected chi connectivity index (χ4v) is 2.17. The van der Waals surface area contributed by atoms with Gasteiger partial charge in [0.2, 0.25) is 5.78 Å². The highest BCUT2D eigenvalue weighted by Gasteiger charge is 2.09. The molecule has 0 radical (unpaired) electrons. The molecule has 4 aromatic heterocycles. The summed E-state index contributed by atoms with van der Waals surface area (Å²) in [5.74, 6) is 0.276. The van der Waals surface area contributed by atoms with Crippen molar-refractivity contribution in [3.05, 3.63) is 49.1 Å². The molecule has 4 heterocycles. The van der Waals surface area contributed by atoms with Crippen LogP contribution >= 0.6 is 0 Å². The number of aromatic nitrogens is 5. The van der Waals surface area contributed by atoms with Crippen molar-refractivity contribution in [2.45, 2.75) is 0 Å². The van der Waals surface area contributed by atoms with Crippen molar-refractivity contribution in [2.75, 3.05) is 0 Å². The van der Waals surface area contributed by atoms with Crippen LogP contribution < -0.4 is 0 Å². The summed E-state index contributed by atoms with van der Waals surface area (Å²) in [6.07, 6.45) is 10.1. The number of H-pyrrole nitrogens is 1. The average molecular weight is 253 g/mol. The molecule has 0 saturated heterocycles. The molecule has 0 aromatic carbocycles. The number of nitrogens with zero attached hydrogens (tertiary/aromatic N) is 4. The van der Waals surface area contributed by atoms with Crippen molar-refractivity contribution in [1.29, 1.82) is 0 Å². The zero-order valence-electron chi connectivity index (χ0n) is 9.71. The molecule has 0 spiro atoms. The van der Waals surface area contributed by atoms with Crippen LogP contribution in [0.25, 0.3) is 27.9 Å². The van der Waals surface area contributed by atoms with Crippen LogP contribution in [0.15, 0.2) is 43.2 Å². The highest BCUT2D eigenvalue weighted by molar-refractivity contribution is 5.93. The van der Waals surface area contributed by atoms with Crippen LogP contribution in [-0.4, -0.2) is 24.3 Å². The molecule has 1 N–H and O–H groups in total. The standard InChI is InChI=1S/C13H8FN5/c14-9-3-10-11(6-17-12(10)16-5-9)8-4-18-13-15-1-2-19(13)7-8/h1-7H,(H,16,17). The first kappa shape index (κ1) is 10.2. The Morgan fingerprint density at radius 2 is 2.11 bits per heavy atom. The predicted molar refractivity (Wildman–Crippen MR) is 68.0 cm³/mol. The lowest BCUT2D eigenvalue weighted by Crippen LogP contribution is -1.89. The molecule has 0 aliphatic rings. The quantitative estimate of drug-likeness (QED) is 0.566. The molecule has 92 valence electrons. The molecule has 6 heteroatoms. The summed E-state index contributed by atoms with van der Waals surface area (Å²) in [5, 5.41) is 0.737. The number of imidazole rings is 1. The molecule has 4 aromatic rings. The van der Waals surface area contributed by atoms with Gasteiger partial charge in [0.1, 0.15) is 11.5 Å². The van der Waals surface area contributed by atoms with E-state index in [-0.39, 0.29) is 5.82 Å². The fraction of sp³-hybridized carbons (Fsp3) is 0. The van der Waals surface area contributed by atoms with Gasteiger partial charge in [0.05, 0.1) is 6.20 Å². The Morgan fingerprint density at radius 1 is 1.16 bits per heavy atom. The topological polar surface area (TPSA) is 58.9 Å². The molecule has 0 aliphatic carbocycles. The molecule has 5 nitrogen and oxygen atoms in total. The van der Waals surface area contributed by atoms with Gasteiger partial charge < -0.3 is 4.98 Å². The molecular weight excluding hydrogens is 245 g/mol. The van der Waals surface area contributed by atoms with Gasteiger partial charge in [0.15, 0.2) is 0 Å². The molecular formula is C13H8FN5. The van der Waals surface area contributed by atoms with Gasteiger partial charge in [-0.05, 0) is 6.07 Å². The minimum atomic E-state index is -0.356. The van der Waals surface area contributed by atoms with E-state index in [0.29, 0.717) is 11.4 Å². The van der Waals surface area contributed by atoms with Crippen molar-refractivity contribution in [3.63, 3.8) is 0 Å². The van der Waals surface area contributed by atoms with Crippen LogP contribution in [0, 0.1) is 5.82 Å². The molecule has 0 amide bonds. The SMILES string of the molecule is Fc1cnc2[nH]cc(-c3cnc4nccn4c3)c2c1. The summed E-state index contributed by atoms with van der Waals surface area (Å²) in [7, 11) is 0. The Labute approximate surface area is 106 Å². The minimum absolute atomic E-state index is 0.356. The van der Waals surface area contributed by atoms with E-state index in [4.69, 9.17) is 0 Å².